The molecular weight excluding hydrogens is 474 g/mol. The van der Waals surface area contributed by atoms with E-state index in [9.17, 15) is 19.5 Å². The SMILES string of the molecule is CC(C)CC[C@H](O)CC(=O)ONC(=O)[C@H](Cc1cnc[nH]1)NC(=O)[C@H](N)Cc1cccc2ccccc12. The zero-order chi connectivity index (χ0) is 26.8. The number of nitrogens with zero attached hydrogens (tertiary/aromatic N) is 1. The number of aromatic amines is 1. The first-order chi connectivity index (χ1) is 17.7. The Morgan fingerprint density at radius 3 is 2.54 bits per heavy atom. The van der Waals surface area contributed by atoms with Gasteiger partial charge in [0.15, 0.2) is 0 Å². The second kappa shape index (κ2) is 13.5. The van der Waals surface area contributed by atoms with Crippen molar-refractivity contribution in [3.8, 4) is 0 Å². The third-order valence-electron chi connectivity index (χ3n) is 6.01. The Kier molecular flexibility index (Phi) is 10.2. The van der Waals surface area contributed by atoms with Crippen LogP contribution < -0.4 is 16.5 Å². The van der Waals surface area contributed by atoms with Crippen LogP contribution in [0.15, 0.2) is 55.0 Å². The smallest absolute Gasteiger partial charge is 0.334 e. The highest BCUT2D eigenvalue weighted by Gasteiger charge is 2.26. The monoisotopic (exact) mass is 509 g/mol. The van der Waals surface area contributed by atoms with Gasteiger partial charge in [0.05, 0.1) is 24.9 Å². The van der Waals surface area contributed by atoms with Crippen LogP contribution in [0.25, 0.3) is 10.8 Å². The molecule has 2 aromatic carbocycles. The molecule has 6 N–H and O–H groups in total. The summed E-state index contributed by atoms with van der Waals surface area (Å²) in [6.45, 7) is 4.04. The van der Waals surface area contributed by atoms with E-state index in [0.717, 1.165) is 22.8 Å². The van der Waals surface area contributed by atoms with E-state index in [1.54, 1.807) is 0 Å². The van der Waals surface area contributed by atoms with Crippen LogP contribution in [-0.4, -0.2) is 51.0 Å². The fraction of sp³-hybridized carbons (Fsp3) is 0.407. The van der Waals surface area contributed by atoms with Crippen LogP contribution in [0.2, 0.25) is 0 Å². The Morgan fingerprint density at radius 1 is 1.05 bits per heavy atom. The molecule has 0 spiro atoms. The minimum atomic E-state index is -1.08. The lowest BCUT2D eigenvalue weighted by molar-refractivity contribution is -0.161. The van der Waals surface area contributed by atoms with E-state index in [2.05, 4.69) is 20.8 Å². The molecule has 0 aliphatic rings. The molecular formula is C27H35N5O5. The van der Waals surface area contributed by atoms with Gasteiger partial charge in [0.25, 0.3) is 5.91 Å². The Balaban J connectivity index is 1.60. The Morgan fingerprint density at radius 2 is 1.81 bits per heavy atom. The van der Waals surface area contributed by atoms with Crippen molar-refractivity contribution in [2.24, 2.45) is 11.7 Å². The lowest BCUT2D eigenvalue weighted by Gasteiger charge is -2.20. The van der Waals surface area contributed by atoms with E-state index >= 15 is 0 Å². The summed E-state index contributed by atoms with van der Waals surface area (Å²) in [5.41, 5.74) is 9.82. The highest BCUT2D eigenvalue weighted by molar-refractivity contribution is 5.91. The lowest BCUT2D eigenvalue weighted by atomic mass is 9.98. The fourth-order valence-electron chi connectivity index (χ4n) is 3.94. The number of rotatable bonds is 12. The number of aliphatic hydroxyl groups excluding tert-OH is 1. The normalized spacial score (nSPS) is 13.6. The molecule has 0 aliphatic heterocycles. The number of hydroxylamine groups is 1. The summed E-state index contributed by atoms with van der Waals surface area (Å²) in [5.74, 6) is -1.64. The van der Waals surface area contributed by atoms with Crippen molar-refractivity contribution in [1.82, 2.24) is 20.8 Å². The van der Waals surface area contributed by atoms with Crippen molar-refractivity contribution >= 4 is 28.6 Å². The van der Waals surface area contributed by atoms with Crippen LogP contribution in [0.1, 0.15) is 44.4 Å². The molecule has 0 fully saturated rings. The molecule has 3 aromatic rings. The summed E-state index contributed by atoms with van der Waals surface area (Å²) in [6, 6.07) is 11.6. The number of nitrogens with one attached hydrogen (secondary N) is 3. The molecule has 1 heterocycles. The Labute approximate surface area is 215 Å². The van der Waals surface area contributed by atoms with Crippen molar-refractivity contribution in [1.29, 1.82) is 0 Å². The maximum Gasteiger partial charge on any atom is 0.334 e. The zero-order valence-corrected chi connectivity index (χ0v) is 21.1. The summed E-state index contributed by atoms with van der Waals surface area (Å²) in [4.78, 5) is 49.5. The van der Waals surface area contributed by atoms with Gasteiger partial charge in [0.2, 0.25) is 5.91 Å². The second-order valence-corrected chi connectivity index (χ2v) is 9.56. The number of benzene rings is 2. The molecule has 2 amide bonds. The maximum absolute atomic E-state index is 13.0. The molecule has 3 rings (SSSR count). The third kappa shape index (κ3) is 8.69. The number of carbonyl (C=O) groups is 3. The first-order valence-electron chi connectivity index (χ1n) is 12.4. The van der Waals surface area contributed by atoms with Gasteiger partial charge in [-0.3, -0.25) is 9.59 Å². The van der Waals surface area contributed by atoms with Crippen molar-refractivity contribution in [2.75, 3.05) is 0 Å². The molecule has 0 saturated heterocycles. The molecule has 3 atom stereocenters. The highest BCUT2D eigenvalue weighted by atomic mass is 16.7. The highest BCUT2D eigenvalue weighted by Crippen LogP contribution is 2.19. The molecule has 0 radical (unpaired) electrons. The summed E-state index contributed by atoms with van der Waals surface area (Å²) in [7, 11) is 0. The summed E-state index contributed by atoms with van der Waals surface area (Å²) < 4.78 is 0. The van der Waals surface area contributed by atoms with E-state index < -0.39 is 36.0 Å². The molecule has 0 bridgehead atoms. The van der Waals surface area contributed by atoms with E-state index in [4.69, 9.17) is 10.6 Å². The fourth-order valence-corrected chi connectivity index (χ4v) is 3.94. The van der Waals surface area contributed by atoms with Gasteiger partial charge in [-0.1, -0.05) is 56.3 Å². The lowest BCUT2D eigenvalue weighted by Crippen LogP contribution is -2.53. The third-order valence-corrected chi connectivity index (χ3v) is 6.01. The van der Waals surface area contributed by atoms with Gasteiger partial charge in [-0.15, -0.1) is 0 Å². The van der Waals surface area contributed by atoms with Gasteiger partial charge >= 0.3 is 5.97 Å². The average molecular weight is 510 g/mol. The number of nitrogens with two attached hydrogens (primary N) is 1. The van der Waals surface area contributed by atoms with Gasteiger partial charge in [-0.2, -0.15) is 5.48 Å². The molecule has 10 heteroatoms. The Bertz CT molecular complexity index is 1180. The maximum atomic E-state index is 13.0. The summed E-state index contributed by atoms with van der Waals surface area (Å²) in [5, 5.41) is 14.7. The van der Waals surface area contributed by atoms with Gasteiger partial charge < -0.3 is 26.0 Å². The van der Waals surface area contributed by atoms with E-state index in [1.165, 1.54) is 12.5 Å². The molecule has 0 unspecified atom stereocenters. The van der Waals surface area contributed by atoms with E-state index in [-0.39, 0.29) is 19.3 Å². The predicted octanol–water partition coefficient (Wildman–Crippen LogP) is 1.92. The predicted molar refractivity (Wildman–Crippen MR) is 139 cm³/mol. The average Bonchev–Trinajstić information content (AvgIpc) is 3.39. The van der Waals surface area contributed by atoms with Gasteiger partial charge in [0, 0.05) is 18.3 Å². The van der Waals surface area contributed by atoms with Crippen LogP contribution >= 0.6 is 0 Å². The molecule has 0 aliphatic carbocycles. The zero-order valence-electron chi connectivity index (χ0n) is 21.1. The van der Waals surface area contributed by atoms with E-state index in [0.29, 0.717) is 18.0 Å². The summed E-state index contributed by atoms with van der Waals surface area (Å²) in [6.07, 6.45) is 3.43. The van der Waals surface area contributed by atoms with Crippen molar-refractivity contribution < 1.29 is 24.3 Å². The Hall–Kier alpha value is -3.76. The van der Waals surface area contributed by atoms with Crippen molar-refractivity contribution in [3.63, 3.8) is 0 Å². The standard InChI is InChI=1S/C27H35N5O5/c1-17(2)10-11-21(33)14-25(34)37-32-27(36)24(13-20-15-29-16-30-20)31-26(35)23(28)12-19-8-5-7-18-6-3-4-9-22(18)19/h3-9,15-17,21,23-24,33H,10-14,28H2,1-2H3,(H,29,30)(H,31,35)(H,32,36)/t21-,23+,24-/m0/s1. The molecule has 1 aromatic heterocycles. The number of carbonyl (C=O) groups excluding carboxylic acids is 3. The molecule has 198 valence electrons. The number of H-pyrrole nitrogens is 1. The minimum Gasteiger partial charge on any atom is -0.393 e. The number of aliphatic hydroxyl groups is 1. The summed E-state index contributed by atoms with van der Waals surface area (Å²) >= 11 is 0. The number of imidazole rings is 1. The van der Waals surface area contributed by atoms with Crippen LogP contribution in [0, 0.1) is 5.92 Å². The van der Waals surface area contributed by atoms with Gasteiger partial charge in [0.1, 0.15) is 6.04 Å². The van der Waals surface area contributed by atoms with Gasteiger partial charge in [-0.25, -0.2) is 9.78 Å². The number of hydrogen-bond donors (Lipinski definition) is 5. The number of amides is 2. The first-order valence-corrected chi connectivity index (χ1v) is 12.4. The van der Waals surface area contributed by atoms with Crippen LogP contribution in [0.3, 0.4) is 0 Å². The van der Waals surface area contributed by atoms with Gasteiger partial charge in [-0.05, 0) is 41.5 Å². The quantitative estimate of drug-likeness (QED) is 0.233. The van der Waals surface area contributed by atoms with Crippen LogP contribution in [0.5, 0.6) is 0 Å². The van der Waals surface area contributed by atoms with Crippen molar-refractivity contribution in [3.05, 3.63) is 66.2 Å². The van der Waals surface area contributed by atoms with Crippen LogP contribution in [0.4, 0.5) is 0 Å². The molecule has 10 nitrogen and oxygen atoms in total. The number of fused-ring (bicyclic) bond motifs is 1. The minimum absolute atomic E-state index is 0.0765. The topological polar surface area (TPSA) is 159 Å². The first kappa shape index (κ1) is 27.8. The van der Waals surface area contributed by atoms with Crippen LogP contribution in [-0.2, 0) is 32.1 Å². The largest absolute Gasteiger partial charge is 0.393 e. The van der Waals surface area contributed by atoms with Crippen molar-refractivity contribution in [2.45, 2.75) is 64.1 Å². The number of aromatic nitrogens is 2. The van der Waals surface area contributed by atoms with E-state index in [1.807, 2.05) is 56.3 Å². The second-order valence-electron chi connectivity index (χ2n) is 9.56. The molecule has 37 heavy (non-hydrogen) atoms. The number of hydrogen-bond acceptors (Lipinski definition) is 7. The molecule has 0 saturated carbocycles.